The van der Waals surface area contributed by atoms with E-state index in [2.05, 4.69) is 40.7 Å². The van der Waals surface area contributed by atoms with E-state index in [0.717, 1.165) is 38.6 Å². The fourth-order valence-corrected chi connectivity index (χ4v) is 4.49. The lowest BCUT2D eigenvalue weighted by Crippen LogP contribution is -1.98. The SMILES string of the molecule is CCOC(=O)C=Cc1scc(-c2ccc(C#N)cc2)c1-c1ccc(-n2ccnc2C)cc1. The van der Waals surface area contributed by atoms with Crippen molar-refractivity contribution in [1.29, 1.82) is 5.26 Å². The summed E-state index contributed by atoms with van der Waals surface area (Å²) in [7, 11) is 0. The number of rotatable bonds is 6. The molecule has 0 spiro atoms. The molecule has 2 aromatic heterocycles. The van der Waals surface area contributed by atoms with Gasteiger partial charge in [-0.3, -0.25) is 0 Å². The van der Waals surface area contributed by atoms with Crippen LogP contribution in [0.4, 0.5) is 0 Å². The van der Waals surface area contributed by atoms with Gasteiger partial charge < -0.3 is 9.30 Å². The molecule has 0 bridgehead atoms. The molecular weight excluding hydrogens is 418 g/mol. The smallest absolute Gasteiger partial charge is 0.330 e. The molecule has 0 amide bonds. The number of carbonyl (C=O) groups is 1. The Hall–Kier alpha value is -3.95. The van der Waals surface area contributed by atoms with Crippen LogP contribution in [-0.2, 0) is 9.53 Å². The Kier molecular flexibility index (Phi) is 6.29. The van der Waals surface area contributed by atoms with Crippen LogP contribution in [0.25, 0.3) is 34.0 Å². The first-order chi connectivity index (χ1) is 15.6. The molecule has 4 aromatic rings. The van der Waals surface area contributed by atoms with Gasteiger partial charge >= 0.3 is 5.97 Å². The summed E-state index contributed by atoms with van der Waals surface area (Å²) >= 11 is 1.57. The summed E-state index contributed by atoms with van der Waals surface area (Å²) in [6, 6.07) is 18.0. The molecule has 0 unspecified atom stereocenters. The summed E-state index contributed by atoms with van der Waals surface area (Å²) in [4.78, 5) is 17.1. The van der Waals surface area contributed by atoms with Crippen LogP contribution >= 0.6 is 11.3 Å². The molecule has 0 saturated heterocycles. The Morgan fingerprint density at radius 1 is 1.16 bits per heavy atom. The molecule has 2 heterocycles. The third kappa shape index (κ3) is 4.39. The second-order valence-corrected chi connectivity index (χ2v) is 7.97. The molecule has 5 nitrogen and oxygen atoms in total. The van der Waals surface area contributed by atoms with Crippen LogP contribution in [0, 0.1) is 18.3 Å². The third-order valence-corrected chi connectivity index (χ3v) is 6.01. The zero-order valence-electron chi connectivity index (χ0n) is 17.8. The van der Waals surface area contributed by atoms with Gasteiger partial charge in [0.2, 0.25) is 0 Å². The zero-order chi connectivity index (χ0) is 22.5. The van der Waals surface area contributed by atoms with E-state index in [4.69, 9.17) is 10.00 Å². The van der Waals surface area contributed by atoms with Crippen LogP contribution in [0.3, 0.4) is 0 Å². The van der Waals surface area contributed by atoms with Crippen LogP contribution < -0.4 is 0 Å². The lowest BCUT2D eigenvalue weighted by molar-refractivity contribution is -0.137. The number of hydrogen-bond acceptors (Lipinski definition) is 5. The molecule has 0 radical (unpaired) electrons. The predicted molar refractivity (Wildman–Crippen MR) is 127 cm³/mol. The van der Waals surface area contributed by atoms with Crippen molar-refractivity contribution in [3.8, 4) is 34.0 Å². The first-order valence-electron chi connectivity index (χ1n) is 10.2. The molecule has 0 aliphatic carbocycles. The van der Waals surface area contributed by atoms with Crippen LogP contribution in [0.15, 0.2) is 72.4 Å². The summed E-state index contributed by atoms with van der Waals surface area (Å²) in [5.74, 6) is 0.558. The number of benzene rings is 2. The first kappa shape index (κ1) is 21.3. The van der Waals surface area contributed by atoms with Gasteiger partial charge in [-0.05, 0) is 60.7 Å². The van der Waals surface area contributed by atoms with Gasteiger partial charge in [-0.15, -0.1) is 11.3 Å². The van der Waals surface area contributed by atoms with Crippen molar-refractivity contribution in [3.63, 3.8) is 0 Å². The van der Waals surface area contributed by atoms with Crippen molar-refractivity contribution in [1.82, 2.24) is 9.55 Å². The molecule has 0 N–H and O–H groups in total. The summed E-state index contributed by atoms with van der Waals surface area (Å²) in [6.45, 7) is 4.09. The molecule has 4 rings (SSSR count). The Morgan fingerprint density at radius 3 is 2.50 bits per heavy atom. The Balaban J connectivity index is 1.78. The monoisotopic (exact) mass is 439 g/mol. The number of carbonyl (C=O) groups excluding carboxylic acids is 1. The van der Waals surface area contributed by atoms with E-state index in [9.17, 15) is 4.79 Å². The van der Waals surface area contributed by atoms with Crippen LogP contribution in [0.5, 0.6) is 0 Å². The van der Waals surface area contributed by atoms with Gasteiger partial charge in [-0.25, -0.2) is 9.78 Å². The first-order valence-corrected chi connectivity index (χ1v) is 11.1. The normalized spacial score (nSPS) is 10.9. The zero-order valence-corrected chi connectivity index (χ0v) is 18.6. The minimum atomic E-state index is -0.363. The summed E-state index contributed by atoms with van der Waals surface area (Å²) in [5.41, 5.74) is 5.79. The van der Waals surface area contributed by atoms with Crippen molar-refractivity contribution in [2.45, 2.75) is 13.8 Å². The van der Waals surface area contributed by atoms with E-state index in [-0.39, 0.29) is 5.97 Å². The number of hydrogen-bond donors (Lipinski definition) is 0. The highest BCUT2D eigenvalue weighted by molar-refractivity contribution is 7.12. The average Bonchev–Trinajstić information content (AvgIpc) is 3.44. The van der Waals surface area contributed by atoms with E-state index in [1.807, 2.05) is 42.0 Å². The molecule has 0 aliphatic rings. The van der Waals surface area contributed by atoms with E-state index < -0.39 is 0 Å². The predicted octanol–water partition coefficient (Wildman–Crippen LogP) is 6.02. The number of aryl methyl sites for hydroxylation is 1. The summed E-state index contributed by atoms with van der Waals surface area (Å²) < 4.78 is 7.06. The highest BCUT2D eigenvalue weighted by Gasteiger charge is 2.15. The number of imidazole rings is 1. The molecule has 2 aromatic carbocycles. The minimum absolute atomic E-state index is 0.339. The number of aromatic nitrogens is 2. The van der Waals surface area contributed by atoms with Gasteiger partial charge in [-0.2, -0.15) is 5.26 Å². The standard InChI is InChI=1S/C26H21N3O2S/c1-3-31-25(30)13-12-24-26(23(17-32-24)20-6-4-19(16-27)5-7-20)21-8-10-22(11-9-21)29-15-14-28-18(29)2/h4-15,17H,3H2,1-2H3. The molecule has 0 fully saturated rings. The van der Waals surface area contributed by atoms with Gasteiger partial charge in [-0.1, -0.05) is 24.3 Å². The number of nitriles is 1. The fraction of sp³-hybridized carbons (Fsp3) is 0.115. The van der Waals surface area contributed by atoms with E-state index >= 15 is 0 Å². The quantitative estimate of drug-likeness (QED) is 0.272. The van der Waals surface area contributed by atoms with Crippen molar-refractivity contribution < 1.29 is 9.53 Å². The van der Waals surface area contributed by atoms with Gasteiger partial charge in [0.25, 0.3) is 0 Å². The van der Waals surface area contributed by atoms with Gasteiger partial charge in [0.15, 0.2) is 0 Å². The number of thiophene rings is 1. The molecule has 6 heteroatoms. The highest BCUT2D eigenvalue weighted by Crippen LogP contribution is 2.40. The lowest BCUT2D eigenvalue weighted by atomic mass is 9.96. The van der Waals surface area contributed by atoms with Crippen molar-refractivity contribution in [2.24, 2.45) is 0 Å². The molecule has 158 valence electrons. The van der Waals surface area contributed by atoms with E-state index in [0.29, 0.717) is 12.2 Å². The van der Waals surface area contributed by atoms with Gasteiger partial charge in [0, 0.05) is 40.2 Å². The molecule has 0 aliphatic heterocycles. The Morgan fingerprint density at radius 2 is 1.88 bits per heavy atom. The molecule has 0 saturated carbocycles. The average molecular weight is 440 g/mol. The van der Waals surface area contributed by atoms with Crippen LogP contribution in [0.1, 0.15) is 23.2 Å². The number of nitrogens with zero attached hydrogens (tertiary/aromatic N) is 3. The van der Waals surface area contributed by atoms with E-state index in [1.165, 1.54) is 6.08 Å². The topological polar surface area (TPSA) is 67.9 Å². The third-order valence-electron chi connectivity index (χ3n) is 5.06. The Bertz CT molecular complexity index is 1310. The fourth-order valence-electron chi connectivity index (χ4n) is 3.50. The minimum Gasteiger partial charge on any atom is -0.463 e. The Labute approximate surface area is 190 Å². The molecule has 32 heavy (non-hydrogen) atoms. The van der Waals surface area contributed by atoms with Crippen LogP contribution in [0.2, 0.25) is 0 Å². The summed E-state index contributed by atoms with van der Waals surface area (Å²) in [5, 5.41) is 11.2. The second kappa shape index (κ2) is 9.46. The van der Waals surface area contributed by atoms with Gasteiger partial charge in [0.1, 0.15) is 5.82 Å². The van der Waals surface area contributed by atoms with Crippen LogP contribution in [-0.4, -0.2) is 22.1 Å². The van der Waals surface area contributed by atoms with Gasteiger partial charge in [0.05, 0.1) is 18.2 Å². The van der Waals surface area contributed by atoms with Crippen molar-refractivity contribution >= 4 is 23.4 Å². The number of esters is 1. The van der Waals surface area contributed by atoms with Crippen molar-refractivity contribution in [3.05, 3.63) is 88.6 Å². The number of ether oxygens (including phenoxy) is 1. The lowest BCUT2D eigenvalue weighted by Gasteiger charge is -2.10. The van der Waals surface area contributed by atoms with E-state index in [1.54, 1.807) is 30.5 Å². The van der Waals surface area contributed by atoms with Crippen molar-refractivity contribution in [2.75, 3.05) is 6.61 Å². The maximum Gasteiger partial charge on any atom is 0.330 e. The summed E-state index contributed by atoms with van der Waals surface area (Å²) in [6.07, 6.45) is 6.98. The molecule has 0 atom stereocenters. The largest absolute Gasteiger partial charge is 0.463 e. The maximum atomic E-state index is 11.9. The highest BCUT2D eigenvalue weighted by atomic mass is 32.1. The second-order valence-electron chi connectivity index (χ2n) is 7.05. The maximum absolute atomic E-state index is 11.9. The molecular formula is C26H21N3O2S.